The monoisotopic (exact) mass is 330 g/mol. The maximum Gasteiger partial charge on any atom is 0.248 e. The molecule has 0 spiro atoms. The smallest absolute Gasteiger partial charge is 0.248 e. The van der Waals surface area contributed by atoms with Gasteiger partial charge in [0.15, 0.2) is 0 Å². The van der Waals surface area contributed by atoms with Gasteiger partial charge < -0.3 is 11.1 Å². The van der Waals surface area contributed by atoms with Crippen LogP contribution in [-0.4, -0.2) is 5.91 Å². The van der Waals surface area contributed by atoms with Gasteiger partial charge in [-0.05, 0) is 48.4 Å². The van der Waals surface area contributed by atoms with Crippen LogP contribution >= 0.6 is 15.9 Å². The van der Waals surface area contributed by atoms with Gasteiger partial charge in [0.2, 0.25) is 5.91 Å². The zero-order chi connectivity index (χ0) is 14.5. The molecule has 4 heteroatoms. The van der Waals surface area contributed by atoms with Crippen molar-refractivity contribution in [3.63, 3.8) is 0 Å². The minimum Gasteiger partial charge on any atom is -0.399 e. The molecule has 0 unspecified atom stereocenters. The Balaban J connectivity index is 2.08. The van der Waals surface area contributed by atoms with Crippen molar-refractivity contribution >= 4 is 39.3 Å². The number of halogens is 1. The number of nitrogens with one attached hydrogen (secondary N) is 1. The van der Waals surface area contributed by atoms with Crippen molar-refractivity contribution in [2.45, 2.75) is 6.92 Å². The predicted molar refractivity (Wildman–Crippen MR) is 87.4 cm³/mol. The average Bonchev–Trinajstić information content (AvgIpc) is 2.42. The van der Waals surface area contributed by atoms with Crippen molar-refractivity contribution in [2.24, 2.45) is 0 Å². The molecule has 1 amide bonds. The number of carbonyl (C=O) groups excluding carboxylic acids is 1. The molecule has 0 saturated carbocycles. The van der Waals surface area contributed by atoms with Gasteiger partial charge in [-0.1, -0.05) is 34.1 Å². The number of benzene rings is 2. The van der Waals surface area contributed by atoms with Crippen LogP contribution in [0.1, 0.15) is 11.1 Å². The van der Waals surface area contributed by atoms with E-state index < -0.39 is 0 Å². The molecule has 20 heavy (non-hydrogen) atoms. The van der Waals surface area contributed by atoms with E-state index in [2.05, 4.69) is 21.2 Å². The molecule has 0 bridgehead atoms. The number of carbonyl (C=O) groups is 1. The largest absolute Gasteiger partial charge is 0.399 e. The molecule has 0 fully saturated rings. The van der Waals surface area contributed by atoms with Crippen LogP contribution in [0.2, 0.25) is 0 Å². The molecule has 0 aliphatic carbocycles. The Morgan fingerprint density at radius 3 is 2.75 bits per heavy atom. The molecule has 0 atom stereocenters. The highest BCUT2D eigenvalue weighted by Crippen LogP contribution is 2.23. The van der Waals surface area contributed by atoms with E-state index in [-0.39, 0.29) is 5.91 Å². The van der Waals surface area contributed by atoms with Gasteiger partial charge in [-0.2, -0.15) is 0 Å². The van der Waals surface area contributed by atoms with Crippen LogP contribution in [0.3, 0.4) is 0 Å². The van der Waals surface area contributed by atoms with Gasteiger partial charge in [0.1, 0.15) is 0 Å². The molecule has 0 aliphatic rings. The van der Waals surface area contributed by atoms with E-state index in [4.69, 9.17) is 5.73 Å². The molecule has 0 heterocycles. The first-order valence-corrected chi connectivity index (χ1v) is 6.95. The van der Waals surface area contributed by atoms with Crippen molar-refractivity contribution in [3.05, 3.63) is 64.1 Å². The molecule has 0 radical (unpaired) electrons. The summed E-state index contributed by atoms with van der Waals surface area (Å²) in [5.41, 5.74) is 9.05. The fraction of sp³-hybridized carbons (Fsp3) is 0.0625. The van der Waals surface area contributed by atoms with E-state index in [9.17, 15) is 4.79 Å². The minimum atomic E-state index is -0.173. The van der Waals surface area contributed by atoms with E-state index in [0.717, 1.165) is 21.3 Å². The standard InChI is InChI=1S/C16H15BrN2O/c1-11-14(17)6-3-7-15(11)19-16(20)9-8-12-4-2-5-13(18)10-12/h2-10H,18H2,1H3,(H,19,20)/b9-8+. The second-order valence-corrected chi connectivity index (χ2v) is 5.26. The van der Waals surface area contributed by atoms with Crippen molar-refractivity contribution in [1.29, 1.82) is 0 Å². The summed E-state index contributed by atoms with van der Waals surface area (Å²) in [4.78, 5) is 11.9. The number of rotatable bonds is 3. The lowest BCUT2D eigenvalue weighted by Gasteiger charge is -2.07. The molecule has 2 aromatic rings. The lowest BCUT2D eigenvalue weighted by atomic mass is 10.2. The van der Waals surface area contributed by atoms with Gasteiger partial charge in [0, 0.05) is 21.9 Å². The Morgan fingerprint density at radius 2 is 2.00 bits per heavy atom. The second kappa shape index (κ2) is 6.39. The quantitative estimate of drug-likeness (QED) is 0.660. The van der Waals surface area contributed by atoms with Crippen molar-refractivity contribution in [3.8, 4) is 0 Å². The van der Waals surface area contributed by atoms with Crippen LogP contribution in [0.15, 0.2) is 53.0 Å². The Labute approximate surface area is 126 Å². The molecule has 0 aromatic heterocycles. The Hall–Kier alpha value is -2.07. The van der Waals surface area contributed by atoms with Gasteiger partial charge in [-0.3, -0.25) is 4.79 Å². The Kier molecular flexibility index (Phi) is 4.58. The molecule has 3 nitrogen and oxygen atoms in total. The SMILES string of the molecule is Cc1c(Br)cccc1NC(=O)/C=C/c1cccc(N)c1. The summed E-state index contributed by atoms with van der Waals surface area (Å²) in [5.74, 6) is -0.173. The number of nitrogens with two attached hydrogens (primary N) is 1. The third-order valence-corrected chi connectivity index (χ3v) is 3.72. The van der Waals surface area contributed by atoms with Gasteiger partial charge in [-0.15, -0.1) is 0 Å². The van der Waals surface area contributed by atoms with Crippen LogP contribution in [0.4, 0.5) is 11.4 Å². The first kappa shape index (κ1) is 14.3. The second-order valence-electron chi connectivity index (χ2n) is 4.41. The summed E-state index contributed by atoms with van der Waals surface area (Å²) < 4.78 is 0.968. The molecule has 0 aliphatic heterocycles. The number of hydrogen-bond acceptors (Lipinski definition) is 2. The van der Waals surface area contributed by atoms with Gasteiger partial charge in [0.25, 0.3) is 0 Å². The van der Waals surface area contributed by atoms with Gasteiger partial charge >= 0.3 is 0 Å². The van der Waals surface area contributed by atoms with Crippen LogP contribution in [0, 0.1) is 6.92 Å². The lowest BCUT2D eigenvalue weighted by Crippen LogP contribution is -2.09. The topological polar surface area (TPSA) is 55.1 Å². The number of nitrogen functional groups attached to an aromatic ring is 1. The van der Waals surface area contributed by atoms with E-state index in [1.807, 2.05) is 49.4 Å². The minimum absolute atomic E-state index is 0.173. The number of amides is 1. The highest BCUT2D eigenvalue weighted by Gasteiger charge is 2.03. The summed E-state index contributed by atoms with van der Waals surface area (Å²) >= 11 is 3.44. The van der Waals surface area contributed by atoms with Crippen molar-refractivity contribution < 1.29 is 4.79 Å². The first-order chi connectivity index (χ1) is 9.56. The Bertz CT molecular complexity index is 665. The summed E-state index contributed by atoms with van der Waals surface area (Å²) in [5, 5.41) is 2.85. The van der Waals surface area contributed by atoms with Crippen LogP contribution in [0.25, 0.3) is 6.08 Å². The number of hydrogen-bond donors (Lipinski definition) is 2. The van der Waals surface area contributed by atoms with E-state index in [0.29, 0.717) is 5.69 Å². The third-order valence-electron chi connectivity index (χ3n) is 2.86. The Morgan fingerprint density at radius 1 is 1.25 bits per heavy atom. The maximum absolute atomic E-state index is 11.9. The normalized spacial score (nSPS) is 10.7. The molecule has 2 aromatic carbocycles. The fourth-order valence-electron chi connectivity index (χ4n) is 1.75. The van der Waals surface area contributed by atoms with Gasteiger partial charge in [0.05, 0.1) is 0 Å². The molecular formula is C16H15BrN2O. The first-order valence-electron chi connectivity index (χ1n) is 6.16. The number of anilines is 2. The summed E-state index contributed by atoms with van der Waals surface area (Å²) in [7, 11) is 0. The fourth-order valence-corrected chi connectivity index (χ4v) is 2.12. The predicted octanol–water partition coefficient (Wildman–Crippen LogP) is 3.99. The van der Waals surface area contributed by atoms with Crippen LogP contribution in [-0.2, 0) is 4.79 Å². The highest BCUT2D eigenvalue weighted by atomic mass is 79.9. The molecular weight excluding hydrogens is 316 g/mol. The third kappa shape index (κ3) is 3.71. The van der Waals surface area contributed by atoms with E-state index in [1.165, 1.54) is 6.08 Å². The lowest BCUT2D eigenvalue weighted by molar-refractivity contribution is -0.111. The van der Waals surface area contributed by atoms with E-state index >= 15 is 0 Å². The molecule has 102 valence electrons. The summed E-state index contributed by atoms with van der Waals surface area (Å²) in [6.45, 7) is 1.95. The summed E-state index contributed by atoms with van der Waals surface area (Å²) in [6.07, 6.45) is 3.23. The molecule has 3 N–H and O–H groups in total. The summed E-state index contributed by atoms with van der Waals surface area (Å²) in [6, 6.07) is 13.1. The van der Waals surface area contributed by atoms with Gasteiger partial charge in [-0.25, -0.2) is 0 Å². The highest BCUT2D eigenvalue weighted by molar-refractivity contribution is 9.10. The van der Waals surface area contributed by atoms with Crippen molar-refractivity contribution in [2.75, 3.05) is 11.1 Å². The average molecular weight is 331 g/mol. The maximum atomic E-state index is 11.9. The zero-order valence-electron chi connectivity index (χ0n) is 11.1. The van der Waals surface area contributed by atoms with Crippen LogP contribution in [0.5, 0.6) is 0 Å². The van der Waals surface area contributed by atoms with Crippen molar-refractivity contribution in [1.82, 2.24) is 0 Å². The van der Waals surface area contributed by atoms with Crippen LogP contribution < -0.4 is 11.1 Å². The molecule has 2 rings (SSSR count). The van der Waals surface area contributed by atoms with E-state index in [1.54, 1.807) is 6.08 Å². The zero-order valence-corrected chi connectivity index (χ0v) is 12.6. The molecule has 0 saturated heterocycles.